The van der Waals surface area contributed by atoms with Crippen LogP contribution in [0.4, 0.5) is 0 Å². The molecule has 0 aliphatic heterocycles. The fraction of sp³-hybridized carbons (Fsp3) is 0.375. The Morgan fingerprint density at radius 1 is 1.19 bits per heavy atom. The van der Waals surface area contributed by atoms with Crippen molar-refractivity contribution in [2.45, 2.75) is 20.1 Å². The van der Waals surface area contributed by atoms with Gasteiger partial charge in [0.05, 0.1) is 17.6 Å². The van der Waals surface area contributed by atoms with Crippen LogP contribution in [-0.4, -0.2) is 36.9 Å². The van der Waals surface area contributed by atoms with Gasteiger partial charge in [-0.1, -0.05) is 18.2 Å². The van der Waals surface area contributed by atoms with Crippen molar-refractivity contribution in [2.24, 2.45) is 0 Å². The predicted octanol–water partition coefficient (Wildman–Crippen LogP) is 2.36. The van der Waals surface area contributed by atoms with E-state index in [0.717, 1.165) is 5.39 Å². The SMILES string of the molecule is CCOC(CNC(=O)c1cccc2cccnc12)OCC. The van der Waals surface area contributed by atoms with E-state index in [2.05, 4.69) is 10.3 Å². The Morgan fingerprint density at radius 2 is 1.90 bits per heavy atom. The predicted molar refractivity (Wildman–Crippen MR) is 81.1 cm³/mol. The Balaban J connectivity index is 2.08. The second-order valence-electron chi connectivity index (χ2n) is 4.43. The Hall–Kier alpha value is -1.98. The van der Waals surface area contributed by atoms with Gasteiger partial charge in [-0.3, -0.25) is 9.78 Å². The molecule has 0 radical (unpaired) electrons. The molecule has 0 unspecified atom stereocenters. The maximum absolute atomic E-state index is 12.3. The van der Waals surface area contributed by atoms with E-state index < -0.39 is 6.29 Å². The van der Waals surface area contributed by atoms with Gasteiger partial charge in [0.15, 0.2) is 6.29 Å². The molecule has 1 aromatic carbocycles. The molecule has 2 aromatic rings. The van der Waals surface area contributed by atoms with Gasteiger partial charge in [0.2, 0.25) is 0 Å². The van der Waals surface area contributed by atoms with Crippen molar-refractivity contribution in [3.05, 3.63) is 42.1 Å². The van der Waals surface area contributed by atoms with Crippen LogP contribution in [0, 0.1) is 0 Å². The van der Waals surface area contributed by atoms with Crippen LogP contribution in [0.15, 0.2) is 36.5 Å². The van der Waals surface area contributed by atoms with E-state index >= 15 is 0 Å². The van der Waals surface area contributed by atoms with Crippen LogP contribution >= 0.6 is 0 Å². The van der Waals surface area contributed by atoms with Crippen molar-refractivity contribution in [2.75, 3.05) is 19.8 Å². The normalized spacial score (nSPS) is 11.0. The summed E-state index contributed by atoms with van der Waals surface area (Å²) in [5.41, 5.74) is 1.25. The van der Waals surface area contributed by atoms with Crippen LogP contribution in [0.2, 0.25) is 0 Å². The average molecular weight is 288 g/mol. The highest BCUT2D eigenvalue weighted by Crippen LogP contribution is 2.15. The zero-order valence-corrected chi connectivity index (χ0v) is 12.3. The molecule has 0 atom stereocenters. The lowest BCUT2D eigenvalue weighted by Crippen LogP contribution is -2.35. The summed E-state index contributed by atoms with van der Waals surface area (Å²) in [6, 6.07) is 9.33. The Bertz CT molecular complexity index is 590. The summed E-state index contributed by atoms with van der Waals surface area (Å²) in [5, 5.41) is 3.77. The fourth-order valence-corrected chi connectivity index (χ4v) is 2.10. The van der Waals surface area contributed by atoms with Crippen molar-refractivity contribution in [3.8, 4) is 0 Å². The van der Waals surface area contributed by atoms with Gasteiger partial charge in [0.1, 0.15) is 0 Å². The van der Waals surface area contributed by atoms with Crippen molar-refractivity contribution >= 4 is 16.8 Å². The Labute approximate surface area is 124 Å². The van der Waals surface area contributed by atoms with Gasteiger partial charge in [0.25, 0.3) is 5.91 Å². The van der Waals surface area contributed by atoms with E-state index in [1.54, 1.807) is 12.3 Å². The molecule has 1 N–H and O–H groups in total. The molecule has 1 heterocycles. The second kappa shape index (κ2) is 7.71. The van der Waals surface area contributed by atoms with Gasteiger partial charge in [-0.15, -0.1) is 0 Å². The number of pyridine rings is 1. The van der Waals surface area contributed by atoms with Crippen LogP contribution in [0.5, 0.6) is 0 Å². The summed E-state index contributed by atoms with van der Waals surface area (Å²) in [6.07, 6.45) is 1.26. The van der Waals surface area contributed by atoms with Gasteiger partial charge in [0, 0.05) is 24.8 Å². The van der Waals surface area contributed by atoms with Crippen LogP contribution in [-0.2, 0) is 9.47 Å². The zero-order chi connectivity index (χ0) is 15.1. The van der Waals surface area contributed by atoms with Gasteiger partial charge in [-0.25, -0.2) is 0 Å². The molecule has 0 spiro atoms. The van der Waals surface area contributed by atoms with Crippen LogP contribution in [0.1, 0.15) is 24.2 Å². The smallest absolute Gasteiger partial charge is 0.253 e. The second-order valence-corrected chi connectivity index (χ2v) is 4.43. The first-order chi connectivity index (χ1) is 10.3. The molecule has 1 aromatic heterocycles. The quantitative estimate of drug-likeness (QED) is 0.795. The molecule has 1 amide bonds. The summed E-state index contributed by atoms with van der Waals surface area (Å²) in [4.78, 5) is 16.6. The minimum atomic E-state index is -0.424. The molecule has 0 aliphatic carbocycles. The zero-order valence-electron chi connectivity index (χ0n) is 12.3. The van der Waals surface area contributed by atoms with Crippen molar-refractivity contribution in [1.29, 1.82) is 0 Å². The molecule has 2 rings (SSSR count). The number of nitrogens with zero attached hydrogens (tertiary/aromatic N) is 1. The number of carbonyl (C=O) groups is 1. The fourth-order valence-electron chi connectivity index (χ4n) is 2.10. The van der Waals surface area contributed by atoms with Crippen molar-refractivity contribution in [1.82, 2.24) is 10.3 Å². The highest BCUT2D eigenvalue weighted by Gasteiger charge is 2.14. The molecule has 0 saturated heterocycles. The number of ether oxygens (including phenoxy) is 2. The van der Waals surface area contributed by atoms with Crippen LogP contribution in [0.3, 0.4) is 0 Å². The lowest BCUT2D eigenvalue weighted by Gasteiger charge is -2.17. The molecule has 5 nitrogen and oxygen atoms in total. The van der Waals surface area contributed by atoms with E-state index in [9.17, 15) is 4.79 Å². The number of amides is 1. The summed E-state index contributed by atoms with van der Waals surface area (Å²) >= 11 is 0. The monoisotopic (exact) mass is 288 g/mol. The minimum absolute atomic E-state index is 0.177. The molecule has 0 fully saturated rings. The molecular formula is C16H20N2O3. The maximum Gasteiger partial charge on any atom is 0.253 e. The van der Waals surface area contributed by atoms with Crippen molar-refractivity contribution in [3.63, 3.8) is 0 Å². The first-order valence-electron chi connectivity index (χ1n) is 7.11. The molecule has 5 heteroatoms. The molecule has 0 saturated carbocycles. The van der Waals surface area contributed by atoms with Gasteiger partial charge >= 0.3 is 0 Å². The maximum atomic E-state index is 12.3. The highest BCUT2D eigenvalue weighted by atomic mass is 16.7. The Kier molecular flexibility index (Phi) is 5.66. The van der Waals surface area contributed by atoms with Gasteiger partial charge in [-0.05, 0) is 26.0 Å². The number of hydrogen-bond acceptors (Lipinski definition) is 4. The van der Waals surface area contributed by atoms with E-state index in [0.29, 0.717) is 30.8 Å². The van der Waals surface area contributed by atoms with E-state index in [-0.39, 0.29) is 5.91 Å². The summed E-state index contributed by atoms with van der Waals surface area (Å²) in [7, 11) is 0. The molecule has 0 aliphatic rings. The highest BCUT2D eigenvalue weighted by molar-refractivity contribution is 6.05. The van der Waals surface area contributed by atoms with Crippen molar-refractivity contribution < 1.29 is 14.3 Å². The molecule has 21 heavy (non-hydrogen) atoms. The lowest BCUT2D eigenvalue weighted by molar-refractivity contribution is -0.131. The third kappa shape index (κ3) is 4.00. The third-order valence-corrected chi connectivity index (χ3v) is 3.01. The van der Waals surface area contributed by atoms with E-state index in [4.69, 9.17) is 9.47 Å². The number of benzene rings is 1. The number of para-hydroxylation sites is 1. The Morgan fingerprint density at radius 3 is 2.62 bits per heavy atom. The average Bonchev–Trinajstić information content (AvgIpc) is 2.52. The lowest BCUT2D eigenvalue weighted by atomic mass is 10.1. The third-order valence-electron chi connectivity index (χ3n) is 3.01. The van der Waals surface area contributed by atoms with Crippen LogP contribution < -0.4 is 5.32 Å². The molecular weight excluding hydrogens is 268 g/mol. The number of nitrogens with one attached hydrogen (secondary N) is 1. The number of aromatic nitrogens is 1. The van der Waals surface area contributed by atoms with Gasteiger partial charge < -0.3 is 14.8 Å². The van der Waals surface area contributed by atoms with Gasteiger partial charge in [-0.2, -0.15) is 0 Å². The number of hydrogen-bond donors (Lipinski definition) is 1. The largest absolute Gasteiger partial charge is 0.351 e. The molecule has 112 valence electrons. The first-order valence-corrected chi connectivity index (χ1v) is 7.11. The molecule has 0 bridgehead atoms. The number of rotatable bonds is 7. The number of fused-ring (bicyclic) bond motifs is 1. The van der Waals surface area contributed by atoms with E-state index in [1.807, 2.05) is 38.1 Å². The summed E-state index contributed by atoms with van der Waals surface area (Å²) in [5.74, 6) is -0.177. The van der Waals surface area contributed by atoms with Crippen LogP contribution in [0.25, 0.3) is 10.9 Å². The summed E-state index contributed by atoms with van der Waals surface area (Å²) < 4.78 is 10.8. The standard InChI is InChI=1S/C16H20N2O3/c1-3-20-14(21-4-2)11-18-16(19)13-9-5-7-12-8-6-10-17-15(12)13/h5-10,14H,3-4,11H2,1-2H3,(H,18,19). The minimum Gasteiger partial charge on any atom is -0.351 e. The van der Waals surface area contributed by atoms with E-state index in [1.165, 1.54) is 0 Å². The first kappa shape index (κ1) is 15.4. The number of carbonyl (C=O) groups excluding carboxylic acids is 1. The summed E-state index contributed by atoms with van der Waals surface area (Å²) in [6.45, 7) is 5.17. The topological polar surface area (TPSA) is 60.5 Å².